The van der Waals surface area contributed by atoms with E-state index in [1.54, 1.807) is 6.07 Å². The third kappa shape index (κ3) is 4.86. The number of carbonyl (C=O) groups excluding carboxylic acids is 3. The maximum Gasteiger partial charge on any atom is 0.416 e. The molecule has 3 aromatic rings. The summed E-state index contributed by atoms with van der Waals surface area (Å²) >= 11 is 6.33. The van der Waals surface area contributed by atoms with E-state index in [0.717, 1.165) is 12.1 Å². The molecule has 212 valence electrons. The number of anilines is 2. The summed E-state index contributed by atoms with van der Waals surface area (Å²) in [6.45, 7) is 1.33. The van der Waals surface area contributed by atoms with Crippen LogP contribution in [0.25, 0.3) is 0 Å². The van der Waals surface area contributed by atoms with Crippen LogP contribution in [0.2, 0.25) is 5.02 Å². The molecule has 0 saturated carbocycles. The molecule has 0 bridgehead atoms. The first kappa shape index (κ1) is 27.0. The Labute approximate surface area is 234 Å². The number of amides is 3. The molecule has 2 fully saturated rings. The predicted molar refractivity (Wildman–Crippen MR) is 139 cm³/mol. The summed E-state index contributed by atoms with van der Waals surface area (Å²) < 4.78 is 68.2. The lowest BCUT2D eigenvalue weighted by Gasteiger charge is -2.23. The molecule has 3 atom stereocenters. The lowest BCUT2D eigenvalue weighted by Crippen LogP contribution is -2.28. The van der Waals surface area contributed by atoms with Crippen molar-refractivity contribution in [3.63, 3.8) is 0 Å². The third-order valence-electron chi connectivity index (χ3n) is 7.66. The topological polar surface area (TPSA) is 90.5 Å². The molecule has 0 spiro atoms. The number of alkyl halides is 3. The van der Waals surface area contributed by atoms with Gasteiger partial charge >= 0.3 is 6.18 Å². The van der Waals surface area contributed by atoms with Crippen LogP contribution in [0.1, 0.15) is 43.4 Å². The number of nitrogens with zero attached hydrogens (tertiary/aromatic N) is 1. The SMILES string of the molecule is O=C(Nc1cc(N2CC3CNC(=O)C3C2)cc2c1C(c1cc(F)ccc1Cl)NC2=O)c1cc(F)cc(C(F)(F)F)c1. The molecule has 0 aliphatic carbocycles. The summed E-state index contributed by atoms with van der Waals surface area (Å²) in [4.78, 5) is 40.5. The molecular formula is C28H20ClF5N4O3. The van der Waals surface area contributed by atoms with E-state index in [2.05, 4.69) is 16.0 Å². The number of carbonyl (C=O) groups is 3. The van der Waals surface area contributed by atoms with Gasteiger partial charge in [-0.3, -0.25) is 14.4 Å². The number of fused-ring (bicyclic) bond motifs is 2. The first-order valence-corrected chi connectivity index (χ1v) is 12.9. The van der Waals surface area contributed by atoms with Gasteiger partial charge in [-0.05, 0) is 48.5 Å². The highest BCUT2D eigenvalue weighted by Gasteiger charge is 2.43. The molecule has 3 aromatic carbocycles. The largest absolute Gasteiger partial charge is 0.416 e. The van der Waals surface area contributed by atoms with Crippen LogP contribution >= 0.6 is 11.6 Å². The molecule has 7 nitrogen and oxygen atoms in total. The highest BCUT2D eigenvalue weighted by atomic mass is 35.5. The van der Waals surface area contributed by atoms with E-state index in [4.69, 9.17) is 11.6 Å². The maximum atomic E-state index is 14.2. The standard InChI is InChI=1S/C28H20ClF5N4O3/c29-21-2-1-15(30)6-18(21)24-23-19(27(41)37-24)7-17(38-10-13-9-35-26(40)20(13)11-38)8-22(23)36-25(39)12-3-14(28(32,33)34)5-16(31)4-12/h1-8,13,20,24H,9-11H2,(H,35,40)(H,36,39)(H,37,41). The fourth-order valence-corrected chi connectivity index (χ4v) is 5.93. The minimum atomic E-state index is -4.89. The number of rotatable bonds is 4. The van der Waals surface area contributed by atoms with Crippen LogP contribution in [-0.2, 0) is 11.0 Å². The van der Waals surface area contributed by atoms with Gasteiger partial charge in [-0.1, -0.05) is 11.6 Å². The summed E-state index contributed by atoms with van der Waals surface area (Å²) in [5.41, 5.74) is -0.891. The van der Waals surface area contributed by atoms with Crippen molar-refractivity contribution in [2.75, 3.05) is 29.9 Å². The fourth-order valence-electron chi connectivity index (χ4n) is 5.70. The predicted octanol–water partition coefficient (Wildman–Crippen LogP) is 4.90. The van der Waals surface area contributed by atoms with Crippen molar-refractivity contribution >= 4 is 40.7 Å². The summed E-state index contributed by atoms with van der Waals surface area (Å²) in [5, 5.41) is 8.20. The molecule has 13 heteroatoms. The van der Waals surface area contributed by atoms with E-state index < -0.39 is 46.8 Å². The van der Waals surface area contributed by atoms with Crippen molar-refractivity contribution in [1.82, 2.24) is 10.6 Å². The first-order valence-electron chi connectivity index (χ1n) is 12.5. The van der Waals surface area contributed by atoms with Gasteiger partial charge in [0, 0.05) is 64.2 Å². The molecule has 41 heavy (non-hydrogen) atoms. The Morgan fingerprint density at radius 1 is 1.00 bits per heavy atom. The average molecular weight is 591 g/mol. The second kappa shape index (κ2) is 9.72. The third-order valence-corrected chi connectivity index (χ3v) is 8.00. The van der Waals surface area contributed by atoms with Gasteiger partial charge in [0.2, 0.25) is 5.91 Å². The Bertz CT molecular complexity index is 1630. The zero-order chi connectivity index (χ0) is 29.2. The summed E-state index contributed by atoms with van der Waals surface area (Å²) in [6, 6.07) is 7.14. The minimum absolute atomic E-state index is 0.0329. The normalized spacial score (nSPS) is 21.4. The van der Waals surface area contributed by atoms with Crippen molar-refractivity contribution in [3.05, 3.63) is 93.0 Å². The van der Waals surface area contributed by atoms with Crippen LogP contribution in [0.4, 0.5) is 33.3 Å². The van der Waals surface area contributed by atoms with Crippen LogP contribution in [0, 0.1) is 23.5 Å². The molecular weight excluding hydrogens is 571 g/mol. The number of nitrogens with one attached hydrogen (secondary N) is 3. The molecule has 3 N–H and O–H groups in total. The van der Waals surface area contributed by atoms with Crippen LogP contribution in [0.15, 0.2) is 48.5 Å². The Balaban J connectivity index is 1.44. The Hall–Kier alpha value is -4.19. The number of hydrogen-bond acceptors (Lipinski definition) is 4. The van der Waals surface area contributed by atoms with Crippen LogP contribution in [-0.4, -0.2) is 37.4 Å². The zero-order valence-electron chi connectivity index (χ0n) is 20.9. The van der Waals surface area contributed by atoms with Gasteiger partial charge in [-0.2, -0.15) is 13.2 Å². The summed E-state index contributed by atoms with van der Waals surface area (Å²) in [7, 11) is 0. The van der Waals surface area contributed by atoms with Crippen molar-refractivity contribution in [2.45, 2.75) is 12.2 Å². The molecule has 0 aromatic heterocycles. The number of halogens is 6. The summed E-state index contributed by atoms with van der Waals surface area (Å²) in [6.07, 6.45) is -4.89. The lowest BCUT2D eigenvalue weighted by atomic mass is 9.95. The molecule has 3 amide bonds. The van der Waals surface area contributed by atoms with Crippen molar-refractivity contribution in [3.8, 4) is 0 Å². The fraction of sp³-hybridized carbons (Fsp3) is 0.250. The van der Waals surface area contributed by atoms with E-state index >= 15 is 0 Å². The van der Waals surface area contributed by atoms with Gasteiger partial charge < -0.3 is 20.9 Å². The quantitative estimate of drug-likeness (QED) is 0.377. The Kier molecular flexibility index (Phi) is 6.40. The first-order chi connectivity index (χ1) is 19.4. The highest BCUT2D eigenvalue weighted by Crippen LogP contribution is 2.43. The molecule has 6 rings (SSSR count). The second-order valence-electron chi connectivity index (χ2n) is 10.2. The van der Waals surface area contributed by atoms with E-state index in [1.807, 2.05) is 4.90 Å². The monoisotopic (exact) mass is 590 g/mol. The second-order valence-corrected chi connectivity index (χ2v) is 10.6. The molecule has 2 saturated heterocycles. The van der Waals surface area contributed by atoms with Crippen LogP contribution < -0.4 is 20.9 Å². The molecule has 0 radical (unpaired) electrons. The molecule has 3 aliphatic rings. The molecule has 3 aliphatic heterocycles. The van der Waals surface area contributed by atoms with Crippen molar-refractivity contribution < 1.29 is 36.3 Å². The van der Waals surface area contributed by atoms with Crippen molar-refractivity contribution in [1.29, 1.82) is 0 Å². The average Bonchev–Trinajstić information content (AvgIpc) is 3.59. The van der Waals surface area contributed by atoms with Crippen LogP contribution in [0.3, 0.4) is 0 Å². The van der Waals surface area contributed by atoms with Gasteiger partial charge in [-0.25, -0.2) is 8.78 Å². The number of hydrogen-bond donors (Lipinski definition) is 3. The summed E-state index contributed by atoms with van der Waals surface area (Å²) in [5.74, 6) is -3.81. The van der Waals surface area contributed by atoms with Gasteiger partial charge in [0.25, 0.3) is 11.8 Å². The Morgan fingerprint density at radius 2 is 1.78 bits per heavy atom. The zero-order valence-corrected chi connectivity index (χ0v) is 21.7. The van der Waals surface area contributed by atoms with Gasteiger partial charge in [0.05, 0.1) is 17.5 Å². The highest BCUT2D eigenvalue weighted by molar-refractivity contribution is 6.31. The smallest absolute Gasteiger partial charge is 0.370 e. The van der Waals surface area contributed by atoms with E-state index in [0.29, 0.717) is 37.5 Å². The van der Waals surface area contributed by atoms with Gasteiger partial charge in [0.15, 0.2) is 0 Å². The molecule has 3 heterocycles. The van der Waals surface area contributed by atoms with E-state index in [1.165, 1.54) is 12.1 Å². The Morgan fingerprint density at radius 3 is 2.51 bits per heavy atom. The van der Waals surface area contributed by atoms with Gasteiger partial charge in [-0.15, -0.1) is 0 Å². The lowest BCUT2D eigenvalue weighted by molar-refractivity contribution is -0.137. The van der Waals surface area contributed by atoms with Crippen molar-refractivity contribution in [2.24, 2.45) is 11.8 Å². The number of benzene rings is 3. The molecule has 3 unspecified atom stereocenters. The maximum absolute atomic E-state index is 14.2. The van der Waals surface area contributed by atoms with E-state index in [9.17, 15) is 36.3 Å². The van der Waals surface area contributed by atoms with Gasteiger partial charge in [0.1, 0.15) is 11.6 Å². The van der Waals surface area contributed by atoms with E-state index in [-0.39, 0.29) is 51.2 Å². The minimum Gasteiger partial charge on any atom is -0.370 e. The van der Waals surface area contributed by atoms with Crippen LogP contribution in [0.5, 0.6) is 0 Å².